The van der Waals surface area contributed by atoms with E-state index in [1.165, 1.54) is 9.47 Å². The predicted octanol–water partition coefficient (Wildman–Crippen LogP) is -0.960. The molecule has 1 N–H and O–H groups in total. The van der Waals surface area contributed by atoms with E-state index in [-0.39, 0.29) is 35.3 Å². The number of ether oxygens (including phenoxy) is 1. The van der Waals surface area contributed by atoms with Crippen LogP contribution in [-0.2, 0) is 21.4 Å². The number of anilines is 1. The standard InChI is InChI=1S/C16H23N5O4/c1-19-6-5-17-14(16(19)24)18-9-11-10-21(7-8-25-11)15(23)12-3-4-13(22)20(12)2/h5-6,11-12H,3-4,7-10H2,1-2H3,(H,17,18). The van der Waals surface area contributed by atoms with Crippen LogP contribution in [0.25, 0.3) is 0 Å². The number of nitrogens with zero attached hydrogens (tertiary/aromatic N) is 4. The average molecular weight is 349 g/mol. The molecule has 0 aliphatic carbocycles. The van der Waals surface area contributed by atoms with Gasteiger partial charge in [0.2, 0.25) is 11.8 Å². The second-order valence-electron chi connectivity index (χ2n) is 6.41. The van der Waals surface area contributed by atoms with E-state index < -0.39 is 0 Å². The lowest BCUT2D eigenvalue weighted by Gasteiger charge is -2.35. The van der Waals surface area contributed by atoms with Gasteiger partial charge in [0.15, 0.2) is 5.82 Å². The van der Waals surface area contributed by atoms with Gasteiger partial charge < -0.3 is 24.4 Å². The minimum absolute atomic E-state index is 0.0100. The molecule has 2 atom stereocenters. The van der Waals surface area contributed by atoms with Crippen LogP contribution in [0.2, 0.25) is 0 Å². The highest BCUT2D eigenvalue weighted by molar-refractivity contribution is 5.90. The summed E-state index contributed by atoms with van der Waals surface area (Å²) in [5, 5.41) is 3.00. The van der Waals surface area contributed by atoms with Crippen LogP contribution < -0.4 is 10.9 Å². The fourth-order valence-corrected chi connectivity index (χ4v) is 3.18. The first-order chi connectivity index (χ1) is 12.0. The van der Waals surface area contributed by atoms with Crippen molar-refractivity contribution < 1.29 is 14.3 Å². The van der Waals surface area contributed by atoms with Crippen molar-refractivity contribution in [2.45, 2.75) is 25.0 Å². The number of aryl methyl sites for hydroxylation is 1. The maximum Gasteiger partial charge on any atom is 0.293 e. The number of carbonyl (C=O) groups is 2. The van der Waals surface area contributed by atoms with E-state index >= 15 is 0 Å². The minimum Gasteiger partial charge on any atom is -0.373 e. The van der Waals surface area contributed by atoms with E-state index in [0.29, 0.717) is 39.1 Å². The third kappa shape index (κ3) is 3.65. The molecular formula is C16H23N5O4. The third-order valence-corrected chi connectivity index (χ3v) is 4.74. The Labute approximate surface area is 145 Å². The second kappa shape index (κ2) is 7.22. The van der Waals surface area contributed by atoms with Gasteiger partial charge in [0.25, 0.3) is 5.56 Å². The van der Waals surface area contributed by atoms with E-state index in [2.05, 4.69) is 10.3 Å². The summed E-state index contributed by atoms with van der Waals surface area (Å²) < 4.78 is 7.13. The van der Waals surface area contributed by atoms with Gasteiger partial charge in [-0.1, -0.05) is 0 Å². The van der Waals surface area contributed by atoms with Crippen LogP contribution in [0.3, 0.4) is 0 Å². The SMILES string of the molecule is CN1C(=O)CCC1C(=O)N1CCOC(CNc2nccn(C)c2=O)C1. The van der Waals surface area contributed by atoms with Crippen LogP contribution in [0.15, 0.2) is 17.2 Å². The van der Waals surface area contributed by atoms with E-state index in [9.17, 15) is 14.4 Å². The van der Waals surface area contributed by atoms with Crippen molar-refractivity contribution in [2.75, 3.05) is 38.6 Å². The molecule has 2 aliphatic heterocycles. The number of likely N-dealkylation sites (tertiary alicyclic amines) is 1. The summed E-state index contributed by atoms with van der Waals surface area (Å²) in [6.45, 7) is 1.76. The smallest absolute Gasteiger partial charge is 0.293 e. The van der Waals surface area contributed by atoms with Gasteiger partial charge in [-0.05, 0) is 6.42 Å². The number of hydrogen-bond acceptors (Lipinski definition) is 6. The Balaban J connectivity index is 1.58. The molecule has 0 radical (unpaired) electrons. The number of morpholine rings is 1. The fourth-order valence-electron chi connectivity index (χ4n) is 3.18. The minimum atomic E-state index is -0.373. The summed E-state index contributed by atoms with van der Waals surface area (Å²) in [4.78, 5) is 43.6. The second-order valence-corrected chi connectivity index (χ2v) is 6.41. The molecule has 2 aliphatic rings. The molecule has 0 aromatic carbocycles. The molecule has 0 spiro atoms. The zero-order valence-electron chi connectivity index (χ0n) is 14.5. The molecule has 2 saturated heterocycles. The van der Waals surface area contributed by atoms with Gasteiger partial charge in [0.05, 0.1) is 12.7 Å². The molecule has 25 heavy (non-hydrogen) atoms. The monoisotopic (exact) mass is 349 g/mol. The van der Waals surface area contributed by atoms with Gasteiger partial charge in [0.1, 0.15) is 6.04 Å². The summed E-state index contributed by atoms with van der Waals surface area (Å²) in [6.07, 6.45) is 3.90. The number of hydrogen-bond donors (Lipinski definition) is 1. The van der Waals surface area contributed by atoms with Gasteiger partial charge in [-0.25, -0.2) is 4.98 Å². The molecule has 9 heteroatoms. The molecule has 3 rings (SSSR count). The van der Waals surface area contributed by atoms with Crippen molar-refractivity contribution in [2.24, 2.45) is 7.05 Å². The zero-order valence-corrected chi connectivity index (χ0v) is 14.5. The molecular weight excluding hydrogens is 326 g/mol. The molecule has 0 saturated carbocycles. The summed E-state index contributed by atoms with van der Waals surface area (Å²) in [5.74, 6) is 0.240. The fraction of sp³-hybridized carbons (Fsp3) is 0.625. The Morgan fingerprint density at radius 3 is 2.92 bits per heavy atom. The zero-order chi connectivity index (χ0) is 18.0. The van der Waals surface area contributed by atoms with Gasteiger partial charge >= 0.3 is 0 Å². The molecule has 3 heterocycles. The van der Waals surface area contributed by atoms with Gasteiger partial charge in [0, 0.05) is 52.5 Å². The normalized spacial score (nSPS) is 23.8. The van der Waals surface area contributed by atoms with Crippen LogP contribution in [0, 0.1) is 0 Å². The summed E-state index contributed by atoms with van der Waals surface area (Å²) >= 11 is 0. The quantitative estimate of drug-likeness (QED) is 0.752. The molecule has 2 amide bonds. The summed E-state index contributed by atoms with van der Waals surface area (Å²) in [5.41, 5.74) is -0.211. The van der Waals surface area contributed by atoms with Gasteiger partial charge in [-0.2, -0.15) is 0 Å². The Bertz CT molecular complexity index is 719. The third-order valence-electron chi connectivity index (χ3n) is 4.74. The topological polar surface area (TPSA) is 96.8 Å². The van der Waals surface area contributed by atoms with Gasteiger partial charge in [-0.15, -0.1) is 0 Å². The Hall–Kier alpha value is -2.42. The van der Waals surface area contributed by atoms with Gasteiger partial charge in [-0.3, -0.25) is 14.4 Å². The Morgan fingerprint density at radius 2 is 2.20 bits per heavy atom. The predicted molar refractivity (Wildman–Crippen MR) is 90.1 cm³/mol. The number of nitrogens with one attached hydrogen (secondary N) is 1. The van der Waals surface area contributed by atoms with E-state index in [4.69, 9.17) is 4.74 Å². The highest BCUT2D eigenvalue weighted by atomic mass is 16.5. The highest BCUT2D eigenvalue weighted by Gasteiger charge is 2.37. The number of amides is 2. The van der Waals surface area contributed by atoms with Crippen molar-refractivity contribution in [3.63, 3.8) is 0 Å². The number of rotatable bonds is 4. The van der Waals surface area contributed by atoms with E-state index in [0.717, 1.165) is 0 Å². The Kier molecular flexibility index (Phi) is 5.03. The highest BCUT2D eigenvalue weighted by Crippen LogP contribution is 2.20. The maximum atomic E-state index is 12.7. The maximum absolute atomic E-state index is 12.7. The molecule has 2 unspecified atom stereocenters. The van der Waals surface area contributed by atoms with Crippen LogP contribution in [0.1, 0.15) is 12.8 Å². The largest absolute Gasteiger partial charge is 0.373 e. The summed E-state index contributed by atoms with van der Waals surface area (Å²) in [6, 6.07) is -0.373. The lowest BCUT2D eigenvalue weighted by Crippen LogP contribution is -2.53. The van der Waals surface area contributed by atoms with Crippen molar-refractivity contribution >= 4 is 17.6 Å². The van der Waals surface area contributed by atoms with Crippen molar-refractivity contribution in [3.05, 3.63) is 22.7 Å². The van der Waals surface area contributed by atoms with Crippen LogP contribution in [-0.4, -0.2) is 76.6 Å². The lowest BCUT2D eigenvalue weighted by molar-refractivity contribution is -0.145. The molecule has 136 valence electrons. The van der Waals surface area contributed by atoms with Crippen LogP contribution in [0.4, 0.5) is 5.82 Å². The number of aromatic nitrogens is 2. The number of carbonyl (C=O) groups excluding carboxylic acids is 2. The first kappa shape index (κ1) is 17.4. The molecule has 9 nitrogen and oxygen atoms in total. The van der Waals surface area contributed by atoms with Crippen LogP contribution >= 0.6 is 0 Å². The molecule has 1 aromatic heterocycles. The van der Waals surface area contributed by atoms with Crippen molar-refractivity contribution in [1.82, 2.24) is 19.4 Å². The van der Waals surface area contributed by atoms with E-state index in [1.54, 1.807) is 31.4 Å². The molecule has 2 fully saturated rings. The number of likely N-dealkylation sites (N-methyl/N-ethyl adjacent to an activating group) is 1. The van der Waals surface area contributed by atoms with Crippen LogP contribution in [0.5, 0.6) is 0 Å². The first-order valence-electron chi connectivity index (χ1n) is 8.39. The van der Waals surface area contributed by atoms with Crippen molar-refractivity contribution in [3.8, 4) is 0 Å². The molecule has 0 bridgehead atoms. The average Bonchev–Trinajstić information content (AvgIpc) is 2.95. The Morgan fingerprint density at radius 1 is 1.40 bits per heavy atom. The summed E-state index contributed by atoms with van der Waals surface area (Å²) in [7, 11) is 3.33. The molecule has 1 aromatic rings. The van der Waals surface area contributed by atoms with E-state index in [1.807, 2.05) is 0 Å². The van der Waals surface area contributed by atoms with Crippen molar-refractivity contribution in [1.29, 1.82) is 0 Å². The first-order valence-corrected chi connectivity index (χ1v) is 8.39. The lowest BCUT2D eigenvalue weighted by atomic mass is 10.1.